The van der Waals surface area contributed by atoms with Gasteiger partial charge >= 0.3 is 0 Å². The van der Waals surface area contributed by atoms with Gasteiger partial charge in [-0.2, -0.15) is 0 Å². The highest BCUT2D eigenvalue weighted by molar-refractivity contribution is 5.90. The van der Waals surface area contributed by atoms with Crippen LogP contribution >= 0.6 is 0 Å². The summed E-state index contributed by atoms with van der Waals surface area (Å²) < 4.78 is 0. The molecule has 0 fully saturated rings. The third-order valence-electron chi connectivity index (χ3n) is 3.41. The van der Waals surface area contributed by atoms with Crippen LogP contribution in [0.5, 0.6) is 0 Å². The van der Waals surface area contributed by atoms with Gasteiger partial charge in [0.25, 0.3) is 0 Å². The fraction of sp³-hybridized carbons (Fsp3) is 0.750. The minimum atomic E-state index is -0.899. The van der Waals surface area contributed by atoms with Crippen molar-refractivity contribution in [1.29, 1.82) is 0 Å². The Bertz CT molecular complexity index is 456. The molecule has 0 spiro atoms. The standard InChI is InChI=1S/C16H31N5O4/c1-4-18-13(22)9-7-11(17)15(24)21-12(16(25)20-6-3)8-10-14(23)19-5-2/h11-12H,4-10,17H2,1-3H3,(H,18,22)(H,19,23)(H,20,25)(H,21,24). The summed E-state index contributed by atoms with van der Waals surface area (Å²) >= 11 is 0. The molecule has 6 N–H and O–H groups in total. The van der Waals surface area contributed by atoms with Crippen LogP contribution in [0.4, 0.5) is 0 Å². The van der Waals surface area contributed by atoms with Crippen LogP contribution in [0.2, 0.25) is 0 Å². The lowest BCUT2D eigenvalue weighted by Crippen LogP contribution is -2.52. The molecule has 9 heteroatoms. The van der Waals surface area contributed by atoms with E-state index in [-0.39, 0.29) is 43.4 Å². The maximum atomic E-state index is 12.2. The highest BCUT2D eigenvalue weighted by Gasteiger charge is 2.24. The number of nitrogens with one attached hydrogen (secondary N) is 4. The van der Waals surface area contributed by atoms with Gasteiger partial charge in [0.05, 0.1) is 6.04 Å². The average molecular weight is 357 g/mol. The Morgan fingerprint density at radius 1 is 0.760 bits per heavy atom. The predicted octanol–water partition coefficient (Wildman–Crippen LogP) is -1.23. The van der Waals surface area contributed by atoms with Crippen molar-refractivity contribution in [3.05, 3.63) is 0 Å². The maximum absolute atomic E-state index is 12.2. The summed E-state index contributed by atoms with van der Waals surface area (Å²) in [4.78, 5) is 47.2. The van der Waals surface area contributed by atoms with Crippen LogP contribution in [0.25, 0.3) is 0 Å². The fourth-order valence-corrected chi connectivity index (χ4v) is 2.11. The van der Waals surface area contributed by atoms with Gasteiger partial charge in [-0.25, -0.2) is 0 Å². The lowest BCUT2D eigenvalue weighted by atomic mass is 10.1. The van der Waals surface area contributed by atoms with Crippen molar-refractivity contribution < 1.29 is 19.2 Å². The van der Waals surface area contributed by atoms with Gasteiger partial charge in [0.15, 0.2) is 0 Å². The molecule has 9 nitrogen and oxygen atoms in total. The minimum Gasteiger partial charge on any atom is -0.356 e. The van der Waals surface area contributed by atoms with Crippen LogP contribution in [0.1, 0.15) is 46.5 Å². The summed E-state index contributed by atoms with van der Waals surface area (Å²) in [5.74, 6) is -1.25. The largest absolute Gasteiger partial charge is 0.356 e. The first-order chi connectivity index (χ1) is 11.8. The van der Waals surface area contributed by atoms with Crippen molar-refractivity contribution in [2.24, 2.45) is 5.73 Å². The van der Waals surface area contributed by atoms with Crippen molar-refractivity contribution in [2.75, 3.05) is 19.6 Å². The van der Waals surface area contributed by atoms with Gasteiger partial charge in [0, 0.05) is 32.5 Å². The van der Waals surface area contributed by atoms with Crippen molar-refractivity contribution in [1.82, 2.24) is 21.3 Å². The molecule has 2 atom stereocenters. The number of nitrogens with two attached hydrogens (primary N) is 1. The molecule has 2 unspecified atom stereocenters. The third kappa shape index (κ3) is 10.3. The summed E-state index contributed by atoms with van der Waals surface area (Å²) in [6.45, 7) is 6.79. The van der Waals surface area contributed by atoms with E-state index in [0.29, 0.717) is 19.6 Å². The number of carbonyl (C=O) groups is 4. The first-order valence-electron chi connectivity index (χ1n) is 8.72. The van der Waals surface area contributed by atoms with Crippen molar-refractivity contribution in [2.45, 2.75) is 58.5 Å². The quantitative estimate of drug-likeness (QED) is 0.297. The smallest absolute Gasteiger partial charge is 0.242 e. The lowest BCUT2D eigenvalue weighted by Gasteiger charge is -2.20. The van der Waals surface area contributed by atoms with Gasteiger partial charge in [-0.05, 0) is 33.6 Å². The predicted molar refractivity (Wildman–Crippen MR) is 94.4 cm³/mol. The van der Waals surface area contributed by atoms with E-state index in [1.807, 2.05) is 0 Å². The van der Waals surface area contributed by atoms with E-state index in [0.717, 1.165) is 0 Å². The van der Waals surface area contributed by atoms with E-state index in [1.54, 1.807) is 20.8 Å². The van der Waals surface area contributed by atoms with Crippen molar-refractivity contribution >= 4 is 23.6 Å². The highest BCUT2D eigenvalue weighted by atomic mass is 16.2. The van der Waals surface area contributed by atoms with Gasteiger partial charge in [0.1, 0.15) is 6.04 Å². The second-order valence-electron chi connectivity index (χ2n) is 5.55. The zero-order valence-electron chi connectivity index (χ0n) is 15.3. The average Bonchev–Trinajstić information content (AvgIpc) is 2.56. The Balaban J connectivity index is 4.59. The summed E-state index contributed by atoms with van der Waals surface area (Å²) in [6, 6.07) is -1.74. The molecule has 0 aliphatic heterocycles. The molecule has 25 heavy (non-hydrogen) atoms. The van der Waals surface area contributed by atoms with E-state index in [9.17, 15) is 19.2 Å². The summed E-state index contributed by atoms with van der Waals surface area (Å²) in [6.07, 6.45) is 0.597. The van der Waals surface area contributed by atoms with Crippen molar-refractivity contribution in [3.63, 3.8) is 0 Å². The number of rotatable bonds is 12. The van der Waals surface area contributed by atoms with Gasteiger partial charge in [0.2, 0.25) is 23.6 Å². The summed E-state index contributed by atoms with van der Waals surface area (Å²) in [5.41, 5.74) is 5.78. The Morgan fingerprint density at radius 2 is 1.24 bits per heavy atom. The molecule has 4 amide bonds. The van der Waals surface area contributed by atoms with E-state index in [4.69, 9.17) is 5.73 Å². The van der Waals surface area contributed by atoms with Crippen LogP contribution in [-0.2, 0) is 19.2 Å². The van der Waals surface area contributed by atoms with Gasteiger partial charge in [-0.15, -0.1) is 0 Å². The Kier molecular flexibility index (Phi) is 12.0. The van der Waals surface area contributed by atoms with Crippen LogP contribution in [0.15, 0.2) is 0 Å². The maximum Gasteiger partial charge on any atom is 0.242 e. The molecule has 0 aromatic carbocycles. The second kappa shape index (κ2) is 13.2. The third-order valence-corrected chi connectivity index (χ3v) is 3.41. The molecule has 0 rings (SSSR count). The van der Waals surface area contributed by atoms with Crippen LogP contribution in [0, 0.1) is 0 Å². The number of amides is 4. The molecule has 0 saturated carbocycles. The van der Waals surface area contributed by atoms with Crippen LogP contribution in [0.3, 0.4) is 0 Å². The SMILES string of the molecule is CCNC(=O)CCC(N)C(=O)NC(CCC(=O)NCC)C(=O)NCC. The topological polar surface area (TPSA) is 142 Å². The molecule has 0 saturated heterocycles. The Hall–Kier alpha value is -2.16. The van der Waals surface area contributed by atoms with Crippen LogP contribution in [-0.4, -0.2) is 55.3 Å². The molecule has 0 aliphatic rings. The van der Waals surface area contributed by atoms with Crippen LogP contribution < -0.4 is 27.0 Å². The van der Waals surface area contributed by atoms with E-state index in [1.165, 1.54) is 0 Å². The molecular weight excluding hydrogens is 326 g/mol. The molecule has 0 aromatic rings. The summed E-state index contributed by atoms with van der Waals surface area (Å²) in [7, 11) is 0. The molecule has 0 aliphatic carbocycles. The molecule has 0 radical (unpaired) electrons. The molecule has 0 heterocycles. The zero-order chi connectivity index (χ0) is 19.2. The van der Waals surface area contributed by atoms with E-state index in [2.05, 4.69) is 21.3 Å². The van der Waals surface area contributed by atoms with Crippen molar-refractivity contribution in [3.8, 4) is 0 Å². The monoisotopic (exact) mass is 357 g/mol. The van der Waals surface area contributed by atoms with Gasteiger partial charge < -0.3 is 27.0 Å². The fourth-order valence-electron chi connectivity index (χ4n) is 2.11. The molecule has 0 bridgehead atoms. The highest BCUT2D eigenvalue weighted by Crippen LogP contribution is 2.01. The lowest BCUT2D eigenvalue weighted by molar-refractivity contribution is -0.130. The number of carbonyl (C=O) groups excluding carboxylic acids is 4. The second-order valence-corrected chi connectivity index (χ2v) is 5.55. The number of likely N-dealkylation sites (N-methyl/N-ethyl adjacent to an activating group) is 1. The molecule has 144 valence electrons. The zero-order valence-corrected chi connectivity index (χ0v) is 15.3. The normalized spacial score (nSPS) is 12.6. The molecule has 0 aromatic heterocycles. The van der Waals surface area contributed by atoms with E-state index < -0.39 is 18.0 Å². The van der Waals surface area contributed by atoms with E-state index >= 15 is 0 Å². The Morgan fingerprint density at radius 3 is 1.72 bits per heavy atom. The molecular formula is C16H31N5O4. The Labute approximate surface area is 148 Å². The van der Waals surface area contributed by atoms with Gasteiger partial charge in [-0.1, -0.05) is 0 Å². The van der Waals surface area contributed by atoms with Gasteiger partial charge in [-0.3, -0.25) is 19.2 Å². The first kappa shape index (κ1) is 22.8. The summed E-state index contributed by atoms with van der Waals surface area (Å²) in [5, 5.41) is 10.5. The number of hydrogen-bond donors (Lipinski definition) is 5. The first-order valence-corrected chi connectivity index (χ1v) is 8.72. The minimum absolute atomic E-state index is 0.115. The number of hydrogen-bond acceptors (Lipinski definition) is 5.